The van der Waals surface area contributed by atoms with E-state index in [4.69, 9.17) is 16.3 Å². The molecule has 4 aromatic carbocycles. The summed E-state index contributed by atoms with van der Waals surface area (Å²) in [5.74, 6) is -1.23. The molecule has 6 nitrogen and oxygen atoms in total. The minimum atomic E-state index is -0.595. The summed E-state index contributed by atoms with van der Waals surface area (Å²) >= 11 is 6.27. The highest BCUT2D eigenvalue weighted by molar-refractivity contribution is 6.53. The lowest BCUT2D eigenvalue weighted by molar-refractivity contribution is -0.120. The molecule has 0 fully saturated rings. The summed E-state index contributed by atoms with van der Waals surface area (Å²) in [5, 5.41) is 2.74. The molecule has 0 radical (unpaired) electrons. The molecule has 0 saturated heterocycles. The molecule has 1 heterocycles. The average molecular weight is 565 g/mol. The van der Waals surface area contributed by atoms with Crippen molar-refractivity contribution in [3.05, 3.63) is 136 Å². The number of hydrogen-bond acceptors (Lipinski definition) is 5. The van der Waals surface area contributed by atoms with Crippen molar-refractivity contribution >= 4 is 40.8 Å². The topological polar surface area (TPSA) is 75.7 Å². The van der Waals surface area contributed by atoms with Gasteiger partial charge >= 0.3 is 5.97 Å². The first-order chi connectivity index (χ1) is 19.5. The van der Waals surface area contributed by atoms with Crippen LogP contribution >= 0.6 is 11.6 Å². The number of amides is 2. The van der Waals surface area contributed by atoms with Crippen LogP contribution in [0, 0.1) is 13.8 Å². The van der Waals surface area contributed by atoms with E-state index in [1.54, 1.807) is 48.5 Å². The zero-order valence-corrected chi connectivity index (χ0v) is 24.0. The van der Waals surface area contributed by atoms with Crippen LogP contribution in [-0.4, -0.2) is 17.8 Å². The minimum Gasteiger partial charge on any atom is -0.423 e. The van der Waals surface area contributed by atoms with E-state index in [2.05, 4.69) is 31.3 Å². The lowest BCUT2D eigenvalue weighted by atomic mass is 9.78. The number of nitrogens with zero attached hydrogens (tertiary/aromatic N) is 1. The van der Waals surface area contributed by atoms with Gasteiger partial charge in [0, 0.05) is 11.1 Å². The van der Waals surface area contributed by atoms with Gasteiger partial charge in [0.15, 0.2) is 0 Å². The Morgan fingerprint density at radius 1 is 0.780 bits per heavy atom. The maximum Gasteiger partial charge on any atom is 0.343 e. The van der Waals surface area contributed by atoms with Gasteiger partial charge in [-0.05, 0) is 84.6 Å². The van der Waals surface area contributed by atoms with E-state index in [1.165, 1.54) is 5.56 Å². The highest BCUT2D eigenvalue weighted by atomic mass is 35.5. The third-order valence-electron chi connectivity index (χ3n) is 7.16. The molecule has 1 aliphatic heterocycles. The number of esters is 1. The number of carbonyl (C=O) groups is 3. The van der Waals surface area contributed by atoms with Gasteiger partial charge in [-0.25, -0.2) is 9.69 Å². The molecule has 1 aliphatic rings. The third kappa shape index (κ3) is 5.65. The van der Waals surface area contributed by atoms with Gasteiger partial charge in [0.25, 0.3) is 11.8 Å². The van der Waals surface area contributed by atoms with Gasteiger partial charge in [0.2, 0.25) is 0 Å². The Bertz CT molecular complexity index is 1650. The molecule has 0 aromatic heterocycles. The Hall–Kier alpha value is -4.68. The van der Waals surface area contributed by atoms with E-state index in [1.807, 2.05) is 50.2 Å². The van der Waals surface area contributed by atoms with E-state index in [0.29, 0.717) is 22.7 Å². The molecule has 4 aromatic rings. The molecule has 2 amide bonds. The number of benzene rings is 4. The largest absolute Gasteiger partial charge is 0.423 e. The van der Waals surface area contributed by atoms with Crippen LogP contribution in [0.3, 0.4) is 0 Å². The highest BCUT2D eigenvalue weighted by Crippen LogP contribution is 2.33. The number of carbonyl (C=O) groups excluding carboxylic acids is 3. The van der Waals surface area contributed by atoms with Gasteiger partial charge in [-0.3, -0.25) is 9.59 Å². The predicted molar refractivity (Wildman–Crippen MR) is 161 cm³/mol. The zero-order chi connectivity index (χ0) is 29.3. The molecular weight excluding hydrogens is 536 g/mol. The van der Waals surface area contributed by atoms with E-state index >= 15 is 0 Å². The third-order valence-corrected chi connectivity index (χ3v) is 7.51. The van der Waals surface area contributed by atoms with Crippen molar-refractivity contribution in [2.45, 2.75) is 33.1 Å². The van der Waals surface area contributed by atoms with Crippen LogP contribution in [0.15, 0.2) is 108 Å². The van der Waals surface area contributed by atoms with Gasteiger partial charge in [0.05, 0.1) is 11.3 Å². The number of ether oxygens (including phenoxy) is 1. The number of nitrogens with one attached hydrogen (secondary N) is 1. The van der Waals surface area contributed by atoms with Gasteiger partial charge in [-0.1, -0.05) is 74.0 Å². The monoisotopic (exact) mass is 564 g/mol. The van der Waals surface area contributed by atoms with Crippen molar-refractivity contribution in [2.75, 3.05) is 10.2 Å². The maximum atomic E-state index is 13.1. The van der Waals surface area contributed by atoms with Crippen molar-refractivity contribution in [3.63, 3.8) is 0 Å². The van der Waals surface area contributed by atoms with Crippen LogP contribution in [0.25, 0.3) is 0 Å². The van der Waals surface area contributed by atoms with E-state index < -0.39 is 17.8 Å². The molecule has 5 rings (SSSR count). The molecule has 41 heavy (non-hydrogen) atoms. The normalized spacial score (nSPS) is 13.5. The molecule has 0 saturated carbocycles. The minimum absolute atomic E-state index is 0.0235. The van der Waals surface area contributed by atoms with Gasteiger partial charge in [-0.15, -0.1) is 0 Å². The number of anilines is 2. The number of aryl methyl sites for hydroxylation is 2. The second-order valence-corrected chi connectivity index (χ2v) is 11.0. The van der Waals surface area contributed by atoms with Gasteiger partial charge in [-0.2, -0.15) is 0 Å². The summed E-state index contributed by atoms with van der Waals surface area (Å²) in [6.45, 7) is 8.09. The quantitative estimate of drug-likeness (QED) is 0.145. The van der Waals surface area contributed by atoms with E-state index in [-0.39, 0.29) is 16.1 Å². The molecule has 0 spiro atoms. The molecule has 0 bridgehead atoms. The van der Waals surface area contributed by atoms with E-state index in [0.717, 1.165) is 21.6 Å². The summed E-state index contributed by atoms with van der Waals surface area (Å²) in [7, 11) is 0. The van der Waals surface area contributed by atoms with Gasteiger partial charge < -0.3 is 10.1 Å². The molecule has 7 heteroatoms. The second kappa shape index (κ2) is 11.1. The van der Waals surface area contributed by atoms with Crippen LogP contribution in [0.5, 0.6) is 5.75 Å². The van der Waals surface area contributed by atoms with Crippen molar-refractivity contribution < 1.29 is 19.1 Å². The Morgan fingerprint density at radius 2 is 1.37 bits per heavy atom. The fraction of sp³-hybridized carbons (Fsp3) is 0.147. The van der Waals surface area contributed by atoms with Crippen molar-refractivity contribution in [1.29, 1.82) is 0 Å². The Morgan fingerprint density at radius 3 is 1.98 bits per heavy atom. The van der Waals surface area contributed by atoms with Crippen LogP contribution < -0.4 is 15.0 Å². The summed E-state index contributed by atoms with van der Waals surface area (Å²) in [4.78, 5) is 39.8. The first-order valence-electron chi connectivity index (χ1n) is 13.2. The Balaban J connectivity index is 1.25. The standard InChI is InChI=1S/C34H29ClN2O4/c1-21-18-22(2)20-27(19-21)37-31(38)29(35)30(32(37)39)36-26-14-10-23(11-15-26)33(40)41-28-16-12-25(13-17-28)34(3,4)24-8-6-5-7-9-24/h5-20,36H,1-4H3. The average Bonchev–Trinajstić information content (AvgIpc) is 3.16. The van der Waals surface area contributed by atoms with Gasteiger partial charge in [0.1, 0.15) is 16.5 Å². The number of imide groups is 1. The smallest absolute Gasteiger partial charge is 0.343 e. The Kier molecular flexibility index (Phi) is 7.52. The molecule has 0 atom stereocenters. The second-order valence-electron chi connectivity index (χ2n) is 10.6. The van der Waals surface area contributed by atoms with Crippen molar-refractivity contribution in [2.24, 2.45) is 0 Å². The summed E-state index contributed by atoms with van der Waals surface area (Å²) in [6, 6.07) is 29.6. The van der Waals surface area contributed by atoms with E-state index in [9.17, 15) is 14.4 Å². The first-order valence-corrected chi connectivity index (χ1v) is 13.5. The number of rotatable bonds is 7. The maximum absolute atomic E-state index is 13.1. The Labute approximate surface area is 244 Å². The molecular formula is C34H29ClN2O4. The number of hydrogen-bond donors (Lipinski definition) is 1. The molecule has 1 N–H and O–H groups in total. The fourth-order valence-corrected chi connectivity index (χ4v) is 5.10. The lowest BCUT2D eigenvalue weighted by Gasteiger charge is -2.26. The zero-order valence-electron chi connectivity index (χ0n) is 23.2. The lowest BCUT2D eigenvalue weighted by Crippen LogP contribution is -2.32. The van der Waals surface area contributed by atoms with Crippen LogP contribution in [0.4, 0.5) is 11.4 Å². The van der Waals surface area contributed by atoms with Crippen LogP contribution in [0.1, 0.15) is 46.5 Å². The predicted octanol–water partition coefficient (Wildman–Crippen LogP) is 7.28. The van der Waals surface area contributed by atoms with Crippen molar-refractivity contribution in [1.82, 2.24) is 0 Å². The molecule has 206 valence electrons. The van der Waals surface area contributed by atoms with Crippen LogP contribution in [-0.2, 0) is 15.0 Å². The fourth-order valence-electron chi connectivity index (χ4n) is 4.89. The summed E-state index contributed by atoms with van der Waals surface area (Å²) < 4.78 is 5.58. The number of halogens is 1. The first kappa shape index (κ1) is 27.9. The summed E-state index contributed by atoms with van der Waals surface area (Å²) in [5.41, 5.74) is 5.19. The SMILES string of the molecule is Cc1cc(C)cc(N2C(=O)C(Cl)=C(Nc3ccc(C(=O)Oc4ccc(C(C)(C)c5ccccc5)cc4)cc3)C2=O)c1. The molecule has 0 unspecified atom stereocenters. The summed E-state index contributed by atoms with van der Waals surface area (Å²) in [6.07, 6.45) is 0. The van der Waals surface area contributed by atoms with Crippen molar-refractivity contribution in [3.8, 4) is 5.75 Å². The van der Waals surface area contributed by atoms with Crippen LogP contribution in [0.2, 0.25) is 0 Å². The highest BCUT2D eigenvalue weighted by Gasteiger charge is 2.39. The molecule has 0 aliphatic carbocycles.